The number of rotatable bonds is 5. The van der Waals surface area contributed by atoms with E-state index in [2.05, 4.69) is 10.3 Å². The summed E-state index contributed by atoms with van der Waals surface area (Å²) in [7, 11) is 1.82. The van der Waals surface area contributed by atoms with Gasteiger partial charge in [-0.1, -0.05) is 24.9 Å². The van der Waals surface area contributed by atoms with E-state index in [-0.39, 0.29) is 11.1 Å². The van der Waals surface area contributed by atoms with Crippen molar-refractivity contribution < 1.29 is 13.2 Å². The number of pyridine rings is 1. The van der Waals surface area contributed by atoms with Crippen molar-refractivity contribution in [3.05, 3.63) is 28.5 Å². The second kappa shape index (κ2) is 6.38. The maximum absolute atomic E-state index is 12.4. The number of alkyl halides is 3. The van der Waals surface area contributed by atoms with E-state index in [1.54, 1.807) is 0 Å². The Morgan fingerprint density at radius 1 is 1.44 bits per heavy atom. The fourth-order valence-corrected chi connectivity index (χ4v) is 1.95. The van der Waals surface area contributed by atoms with Crippen LogP contribution in [0.2, 0.25) is 5.02 Å². The molecule has 0 aliphatic carbocycles. The molecule has 102 valence electrons. The predicted octanol–water partition coefficient (Wildman–Crippen LogP) is 3.68. The Morgan fingerprint density at radius 2 is 2.11 bits per heavy atom. The molecule has 0 aliphatic heterocycles. The fourth-order valence-electron chi connectivity index (χ4n) is 1.70. The molecule has 1 atom stereocenters. The molecule has 1 aromatic rings. The van der Waals surface area contributed by atoms with E-state index < -0.39 is 11.7 Å². The van der Waals surface area contributed by atoms with E-state index in [1.165, 1.54) is 0 Å². The first-order valence-electron chi connectivity index (χ1n) is 5.77. The Kier molecular flexibility index (Phi) is 5.41. The highest BCUT2D eigenvalue weighted by Gasteiger charge is 2.31. The lowest BCUT2D eigenvalue weighted by Crippen LogP contribution is -2.27. The summed E-state index contributed by atoms with van der Waals surface area (Å²) >= 11 is 5.85. The lowest BCUT2D eigenvalue weighted by atomic mass is 10.1. The van der Waals surface area contributed by atoms with E-state index >= 15 is 0 Å². The van der Waals surface area contributed by atoms with Crippen LogP contribution in [0.1, 0.15) is 31.0 Å². The fraction of sp³-hybridized carbons (Fsp3) is 0.583. The number of hydrogen-bond donors (Lipinski definition) is 1. The van der Waals surface area contributed by atoms with Crippen molar-refractivity contribution in [3.63, 3.8) is 0 Å². The van der Waals surface area contributed by atoms with Gasteiger partial charge in [-0.3, -0.25) is 4.98 Å². The molecular weight excluding hydrogens is 265 g/mol. The van der Waals surface area contributed by atoms with Crippen molar-refractivity contribution >= 4 is 11.6 Å². The summed E-state index contributed by atoms with van der Waals surface area (Å²) in [5.41, 5.74) is -0.315. The summed E-state index contributed by atoms with van der Waals surface area (Å²) in [4.78, 5) is 3.82. The number of aromatic nitrogens is 1. The molecule has 1 aromatic heterocycles. The Labute approximate surface area is 110 Å². The molecule has 0 fully saturated rings. The first-order chi connectivity index (χ1) is 8.38. The van der Waals surface area contributed by atoms with Crippen LogP contribution in [0.5, 0.6) is 0 Å². The van der Waals surface area contributed by atoms with Crippen LogP contribution in [0.15, 0.2) is 12.3 Å². The second-order valence-corrected chi connectivity index (χ2v) is 4.54. The van der Waals surface area contributed by atoms with Gasteiger partial charge in [0.25, 0.3) is 0 Å². The first kappa shape index (κ1) is 15.2. The Bertz CT molecular complexity index is 393. The topological polar surface area (TPSA) is 24.9 Å². The zero-order valence-electron chi connectivity index (χ0n) is 10.3. The highest BCUT2D eigenvalue weighted by molar-refractivity contribution is 6.31. The van der Waals surface area contributed by atoms with Gasteiger partial charge in [0.1, 0.15) is 0 Å². The summed E-state index contributed by atoms with van der Waals surface area (Å²) in [5, 5.41) is 3.17. The summed E-state index contributed by atoms with van der Waals surface area (Å²) in [6.07, 6.45) is -1.12. The van der Waals surface area contributed by atoms with Crippen molar-refractivity contribution in [1.82, 2.24) is 10.3 Å². The van der Waals surface area contributed by atoms with Gasteiger partial charge in [0.15, 0.2) is 0 Å². The van der Waals surface area contributed by atoms with Crippen LogP contribution in [-0.4, -0.2) is 18.1 Å². The van der Waals surface area contributed by atoms with E-state index in [0.717, 1.165) is 25.1 Å². The van der Waals surface area contributed by atoms with Gasteiger partial charge in [0.05, 0.1) is 16.3 Å². The molecule has 1 unspecified atom stereocenters. The van der Waals surface area contributed by atoms with Gasteiger partial charge in [-0.05, 0) is 19.5 Å². The van der Waals surface area contributed by atoms with Gasteiger partial charge < -0.3 is 5.32 Å². The van der Waals surface area contributed by atoms with Crippen LogP contribution in [0.25, 0.3) is 0 Å². The Hall–Kier alpha value is -0.810. The third kappa shape index (κ3) is 4.14. The minimum atomic E-state index is -4.40. The summed E-state index contributed by atoms with van der Waals surface area (Å²) in [6.45, 7) is 2.05. The van der Waals surface area contributed by atoms with Crippen molar-refractivity contribution in [3.8, 4) is 0 Å². The number of nitrogens with one attached hydrogen (secondary N) is 1. The van der Waals surface area contributed by atoms with Crippen LogP contribution in [0.3, 0.4) is 0 Å². The normalized spacial score (nSPS) is 13.7. The molecule has 1 heterocycles. The molecule has 0 radical (unpaired) electrons. The van der Waals surface area contributed by atoms with Gasteiger partial charge in [-0.25, -0.2) is 0 Å². The van der Waals surface area contributed by atoms with Crippen LogP contribution >= 0.6 is 11.6 Å². The molecule has 0 aliphatic rings. The average molecular weight is 281 g/mol. The van der Waals surface area contributed by atoms with E-state index in [1.807, 2.05) is 14.0 Å². The summed E-state index contributed by atoms with van der Waals surface area (Å²) in [6, 6.07) is 1.11. The number of halogens is 4. The maximum atomic E-state index is 12.4. The summed E-state index contributed by atoms with van der Waals surface area (Å²) in [5.74, 6) is 0. The van der Waals surface area contributed by atoms with Gasteiger partial charge in [-0.15, -0.1) is 0 Å². The number of hydrogen-bond acceptors (Lipinski definition) is 2. The zero-order chi connectivity index (χ0) is 13.8. The molecule has 18 heavy (non-hydrogen) atoms. The third-order valence-electron chi connectivity index (χ3n) is 2.73. The van der Waals surface area contributed by atoms with E-state index in [4.69, 9.17) is 11.6 Å². The molecule has 2 nitrogen and oxygen atoms in total. The largest absolute Gasteiger partial charge is 0.417 e. The van der Waals surface area contributed by atoms with Gasteiger partial charge in [0.2, 0.25) is 0 Å². The molecule has 0 spiro atoms. The molecule has 0 bridgehead atoms. The smallest absolute Gasteiger partial charge is 0.317 e. The van der Waals surface area contributed by atoms with Gasteiger partial charge in [-0.2, -0.15) is 13.2 Å². The molecule has 1 rings (SSSR count). The zero-order valence-corrected chi connectivity index (χ0v) is 11.1. The quantitative estimate of drug-likeness (QED) is 0.890. The van der Waals surface area contributed by atoms with Crippen molar-refractivity contribution in [1.29, 1.82) is 0 Å². The average Bonchev–Trinajstić information content (AvgIpc) is 2.29. The van der Waals surface area contributed by atoms with Crippen molar-refractivity contribution in [2.24, 2.45) is 0 Å². The van der Waals surface area contributed by atoms with E-state index in [0.29, 0.717) is 12.1 Å². The lowest BCUT2D eigenvalue weighted by molar-refractivity contribution is -0.137. The molecular formula is C12H16ClF3N2. The van der Waals surface area contributed by atoms with Crippen molar-refractivity contribution in [2.45, 2.75) is 38.4 Å². The molecule has 0 amide bonds. The Balaban J connectivity index is 2.85. The second-order valence-electron chi connectivity index (χ2n) is 4.13. The highest BCUT2D eigenvalue weighted by Crippen LogP contribution is 2.31. The first-order valence-corrected chi connectivity index (χ1v) is 6.15. The lowest BCUT2D eigenvalue weighted by Gasteiger charge is -2.16. The maximum Gasteiger partial charge on any atom is 0.417 e. The molecule has 6 heteroatoms. The minimum Gasteiger partial charge on any atom is -0.317 e. The predicted molar refractivity (Wildman–Crippen MR) is 65.7 cm³/mol. The minimum absolute atomic E-state index is 0.0705. The molecule has 1 N–H and O–H groups in total. The Morgan fingerprint density at radius 3 is 2.56 bits per heavy atom. The SMILES string of the molecule is CCCC(Cc1ncc(C(F)(F)F)cc1Cl)NC. The highest BCUT2D eigenvalue weighted by atomic mass is 35.5. The summed E-state index contributed by atoms with van der Waals surface area (Å²) < 4.78 is 37.3. The van der Waals surface area contributed by atoms with Crippen LogP contribution < -0.4 is 5.32 Å². The van der Waals surface area contributed by atoms with Crippen molar-refractivity contribution in [2.75, 3.05) is 7.05 Å². The standard InChI is InChI=1S/C12H16ClF3N2/c1-3-4-9(17-2)6-11-10(13)5-8(7-18-11)12(14,15)16/h5,7,9,17H,3-4,6H2,1-2H3. The van der Waals surface area contributed by atoms with Crippen LogP contribution in [-0.2, 0) is 12.6 Å². The molecule has 0 aromatic carbocycles. The monoisotopic (exact) mass is 280 g/mol. The third-order valence-corrected chi connectivity index (χ3v) is 3.06. The number of nitrogens with zero attached hydrogens (tertiary/aromatic N) is 1. The van der Waals surface area contributed by atoms with Gasteiger partial charge >= 0.3 is 6.18 Å². The number of likely N-dealkylation sites (N-methyl/N-ethyl adjacent to an activating group) is 1. The van der Waals surface area contributed by atoms with Crippen LogP contribution in [0, 0.1) is 0 Å². The van der Waals surface area contributed by atoms with Gasteiger partial charge in [0, 0.05) is 18.7 Å². The van der Waals surface area contributed by atoms with E-state index in [9.17, 15) is 13.2 Å². The molecule has 0 saturated heterocycles. The molecule has 0 saturated carbocycles. The van der Waals surface area contributed by atoms with Crippen LogP contribution in [0.4, 0.5) is 13.2 Å².